The van der Waals surface area contributed by atoms with Crippen molar-refractivity contribution in [1.82, 2.24) is 15.0 Å². The second-order valence-electron chi connectivity index (χ2n) is 5.29. The Bertz CT molecular complexity index is 726. The number of rotatable bonds is 4. The van der Waals surface area contributed by atoms with Gasteiger partial charge in [0.2, 0.25) is 11.8 Å². The molecule has 0 aliphatic carbocycles. The third-order valence-electron chi connectivity index (χ3n) is 3.67. The average Bonchev–Trinajstić information content (AvgIpc) is 3.02. The molecule has 2 atom stereocenters. The van der Waals surface area contributed by atoms with Crippen LogP contribution in [0.1, 0.15) is 29.5 Å². The molecule has 0 saturated carbocycles. The van der Waals surface area contributed by atoms with E-state index in [0.717, 1.165) is 17.7 Å². The fourth-order valence-electron chi connectivity index (χ4n) is 2.60. The highest BCUT2D eigenvalue weighted by molar-refractivity contribution is 5.35. The van der Waals surface area contributed by atoms with E-state index in [-0.39, 0.29) is 12.1 Å². The van der Waals surface area contributed by atoms with Gasteiger partial charge in [-0.05, 0) is 25.5 Å². The maximum atomic E-state index is 9.01. The van der Waals surface area contributed by atoms with E-state index in [4.69, 9.17) is 14.7 Å². The van der Waals surface area contributed by atoms with Crippen molar-refractivity contribution in [2.45, 2.75) is 25.5 Å². The Kier molecular flexibility index (Phi) is 4.35. The number of pyridine rings is 1. The van der Waals surface area contributed by atoms with Crippen molar-refractivity contribution >= 4 is 5.95 Å². The molecule has 0 aromatic carbocycles. The van der Waals surface area contributed by atoms with E-state index >= 15 is 0 Å². The standard InChI is InChI=1S/C16H17N5O2/c1-10-7-12(8-17)20-16(19-10)21-13-5-6-23-15(13)11-3-4-14(22-2)18-9-11/h3-4,7,9,13,15H,5-6H2,1-2H3,(H,19,20,21)/t13-,15+/m0/s1. The second kappa shape index (κ2) is 6.58. The molecule has 3 heterocycles. The van der Waals surface area contributed by atoms with E-state index in [2.05, 4.69) is 20.3 Å². The molecule has 0 unspecified atom stereocenters. The van der Waals surface area contributed by atoms with Gasteiger partial charge in [-0.15, -0.1) is 0 Å². The summed E-state index contributed by atoms with van der Waals surface area (Å²) in [6.45, 7) is 2.48. The minimum atomic E-state index is -0.136. The average molecular weight is 311 g/mol. The Morgan fingerprint density at radius 1 is 1.39 bits per heavy atom. The molecule has 1 fully saturated rings. The number of hydrogen-bond donors (Lipinski definition) is 1. The minimum absolute atomic E-state index is 0.0264. The second-order valence-corrected chi connectivity index (χ2v) is 5.29. The lowest BCUT2D eigenvalue weighted by atomic mass is 10.0. The van der Waals surface area contributed by atoms with Crippen molar-refractivity contribution in [3.8, 4) is 11.9 Å². The highest BCUT2D eigenvalue weighted by Gasteiger charge is 2.30. The smallest absolute Gasteiger partial charge is 0.224 e. The van der Waals surface area contributed by atoms with E-state index in [9.17, 15) is 0 Å². The molecule has 1 aliphatic rings. The molecule has 3 rings (SSSR count). The molecule has 2 aromatic heterocycles. The molecule has 7 heteroatoms. The lowest BCUT2D eigenvalue weighted by molar-refractivity contribution is 0.107. The van der Waals surface area contributed by atoms with Crippen LogP contribution >= 0.6 is 0 Å². The van der Waals surface area contributed by atoms with E-state index in [1.54, 1.807) is 19.4 Å². The molecule has 0 radical (unpaired) electrons. The number of nitrogens with zero attached hydrogens (tertiary/aromatic N) is 4. The van der Waals surface area contributed by atoms with Crippen molar-refractivity contribution in [1.29, 1.82) is 5.26 Å². The minimum Gasteiger partial charge on any atom is -0.481 e. The van der Waals surface area contributed by atoms with Gasteiger partial charge in [-0.2, -0.15) is 5.26 Å². The van der Waals surface area contributed by atoms with Gasteiger partial charge in [-0.25, -0.2) is 15.0 Å². The van der Waals surface area contributed by atoms with Gasteiger partial charge >= 0.3 is 0 Å². The molecule has 1 N–H and O–H groups in total. The maximum absolute atomic E-state index is 9.01. The summed E-state index contributed by atoms with van der Waals surface area (Å²) in [4.78, 5) is 12.8. The van der Waals surface area contributed by atoms with Crippen molar-refractivity contribution in [2.24, 2.45) is 0 Å². The molecular weight excluding hydrogens is 294 g/mol. The van der Waals surface area contributed by atoms with Crippen LogP contribution < -0.4 is 10.1 Å². The number of methoxy groups -OCH3 is 1. The van der Waals surface area contributed by atoms with Crippen molar-refractivity contribution in [3.05, 3.63) is 41.3 Å². The van der Waals surface area contributed by atoms with Crippen molar-refractivity contribution < 1.29 is 9.47 Å². The van der Waals surface area contributed by atoms with Crippen LogP contribution in [-0.4, -0.2) is 34.7 Å². The summed E-state index contributed by atoms with van der Waals surface area (Å²) in [6, 6.07) is 7.47. The Morgan fingerprint density at radius 3 is 2.96 bits per heavy atom. The molecular formula is C16H17N5O2. The third-order valence-corrected chi connectivity index (χ3v) is 3.67. The first-order valence-corrected chi connectivity index (χ1v) is 7.33. The zero-order valence-corrected chi connectivity index (χ0v) is 13.0. The number of ether oxygens (including phenoxy) is 2. The SMILES string of the molecule is COc1ccc([C@H]2OCC[C@@H]2Nc2nc(C)cc(C#N)n2)cn1. The molecule has 7 nitrogen and oxygen atoms in total. The van der Waals surface area contributed by atoms with Crippen LogP contribution in [0.25, 0.3) is 0 Å². The number of hydrogen-bond acceptors (Lipinski definition) is 7. The first-order valence-electron chi connectivity index (χ1n) is 7.33. The largest absolute Gasteiger partial charge is 0.481 e. The van der Waals surface area contributed by atoms with E-state index < -0.39 is 0 Å². The number of aromatic nitrogens is 3. The van der Waals surface area contributed by atoms with Gasteiger partial charge in [0.05, 0.1) is 13.2 Å². The van der Waals surface area contributed by atoms with E-state index in [1.165, 1.54) is 0 Å². The number of nitrogens with one attached hydrogen (secondary N) is 1. The fraction of sp³-hybridized carbons (Fsp3) is 0.375. The summed E-state index contributed by atoms with van der Waals surface area (Å²) in [7, 11) is 1.58. The molecule has 23 heavy (non-hydrogen) atoms. The van der Waals surface area contributed by atoms with Crippen molar-refractivity contribution in [3.63, 3.8) is 0 Å². The molecule has 1 aliphatic heterocycles. The van der Waals surface area contributed by atoms with Gasteiger partial charge in [0, 0.05) is 30.1 Å². The molecule has 2 aromatic rings. The first-order chi connectivity index (χ1) is 11.2. The number of anilines is 1. The predicted molar refractivity (Wildman–Crippen MR) is 83.0 cm³/mol. The van der Waals surface area contributed by atoms with Crippen LogP contribution in [0, 0.1) is 18.3 Å². The Hall–Kier alpha value is -2.72. The number of nitriles is 1. The summed E-state index contributed by atoms with van der Waals surface area (Å²) in [5.41, 5.74) is 2.07. The van der Waals surface area contributed by atoms with Crippen LogP contribution in [0.5, 0.6) is 5.88 Å². The lowest BCUT2D eigenvalue weighted by Gasteiger charge is -2.20. The van der Waals surface area contributed by atoms with Gasteiger partial charge in [-0.1, -0.05) is 0 Å². The number of aryl methyl sites for hydroxylation is 1. The van der Waals surface area contributed by atoms with E-state index in [1.807, 2.05) is 25.1 Å². The fourth-order valence-corrected chi connectivity index (χ4v) is 2.60. The Labute approximate surface area is 134 Å². The summed E-state index contributed by atoms with van der Waals surface area (Å²) in [5.74, 6) is 1.01. The summed E-state index contributed by atoms with van der Waals surface area (Å²) >= 11 is 0. The Morgan fingerprint density at radius 2 is 2.26 bits per heavy atom. The lowest BCUT2D eigenvalue weighted by Crippen LogP contribution is -2.24. The Balaban J connectivity index is 1.79. The molecule has 0 bridgehead atoms. The highest BCUT2D eigenvalue weighted by Crippen LogP contribution is 2.31. The monoisotopic (exact) mass is 311 g/mol. The first kappa shape index (κ1) is 15.2. The molecule has 0 spiro atoms. The van der Waals surface area contributed by atoms with Gasteiger partial charge in [0.15, 0.2) is 0 Å². The zero-order valence-electron chi connectivity index (χ0n) is 13.0. The zero-order chi connectivity index (χ0) is 16.2. The van der Waals surface area contributed by atoms with Crippen LogP contribution in [0.3, 0.4) is 0 Å². The maximum Gasteiger partial charge on any atom is 0.224 e. The van der Waals surface area contributed by atoms with Crippen LogP contribution in [-0.2, 0) is 4.74 Å². The molecule has 0 amide bonds. The van der Waals surface area contributed by atoms with Gasteiger partial charge in [0.25, 0.3) is 0 Å². The van der Waals surface area contributed by atoms with Gasteiger partial charge in [-0.3, -0.25) is 0 Å². The third kappa shape index (κ3) is 3.38. The van der Waals surface area contributed by atoms with Gasteiger partial charge < -0.3 is 14.8 Å². The molecule has 118 valence electrons. The quantitative estimate of drug-likeness (QED) is 0.923. The van der Waals surface area contributed by atoms with E-state index in [0.29, 0.717) is 24.1 Å². The van der Waals surface area contributed by atoms with Crippen LogP contribution in [0.4, 0.5) is 5.95 Å². The summed E-state index contributed by atoms with van der Waals surface area (Å²) < 4.78 is 10.9. The topological polar surface area (TPSA) is 93.0 Å². The van der Waals surface area contributed by atoms with Crippen LogP contribution in [0.2, 0.25) is 0 Å². The van der Waals surface area contributed by atoms with Crippen LogP contribution in [0.15, 0.2) is 24.4 Å². The normalized spacial score (nSPS) is 20.0. The van der Waals surface area contributed by atoms with Gasteiger partial charge in [0.1, 0.15) is 17.9 Å². The highest BCUT2D eigenvalue weighted by atomic mass is 16.5. The molecule has 1 saturated heterocycles. The predicted octanol–water partition coefficient (Wildman–Crippen LogP) is 2.00. The summed E-state index contributed by atoms with van der Waals surface area (Å²) in [5, 5.41) is 12.3. The van der Waals surface area contributed by atoms with Crippen molar-refractivity contribution in [2.75, 3.05) is 19.0 Å². The summed E-state index contributed by atoms with van der Waals surface area (Å²) in [6.07, 6.45) is 2.44.